The topological polar surface area (TPSA) is 60.9 Å². The number of benzene rings is 1. The average Bonchev–Trinajstić information content (AvgIpc) is 2.61. The maximum Gasteiger partial charge on any atom is 0.316 e. The van der Waals surface area contributed by atoms with Gasteiger partial charge in [-0.15, -0.1) is 0 Å². The van der Waals surface area contributed by atoms with Gasteiger partial charge in [0.2, 0.25) is 0 Å². The molecule has 0 bridgehead atoms. The molecule has 2 amide bonds. The molecule has 5 nitrogen and oxygen atoms in total. The number of anilines is 1. The molecule has 0 spiro atoms. The van der Waals surface area contributed by atoms with E-state index in [9.17, 15) is 14.7 Å². The molecule has 1 N–H and O–H groups in total. The lowest BCUT2D eigenvalue weighted by Crippen LogP contribution is -2.49. The number of likely N-dealkylation sites (tertiary alicyclic amines) is 1. The van der Waals surface area contributed by atoms with Crippen molar-refractivity contribution in [2.75, 3.05) is 31.1 Å². The molecule has 1 atom stereocenters. The number of piperidine rings is 1. The van der Waals surface area contributed by atoms with E-state index in [4.69, 9.17) is 0 Å². The summed E-state index contributed by atoms with van der Waals surface area (Å²) in [4.78, 5) is 28.5. The molecule has 0 aliphatic carbocycles. The Kier molecular flexibility index (Phi) is 4.66. The molecular weight excluding hydrogens is 292 g/mol. The first-order valence-corrected chi connectivity index (χ1v) is 8.42. The molecule has 1 fully saturated rings. The summed E-state index contributed by atoms with van der Waals surface area (Å²) in [5.74, 6) is -0.172. The molecule has 0 saturated carbocycles. The lowest BCUT2D eigenvalue weighted by molar-refractivity contribution is -0.145. The van der Waals surface area contributed by atoms with Crippen LogP contribution in [0.15, 0.2) is 24.3 Å². The normalized spacial score (nSPS) is 21.9. The Balaban J connectivity index is 1.74. The molecule has 0 radical (unpaired) electrons. The first-order chi connectivity index (χ1) is 11.1. The highest BCUT2D eigenvalue weighted by Crippen LogP contribution is 2.34. The van der Waals surface area contributed by atoms with Gasteiger partial charge in [-0.1, -0.05) is 25.1 Å². The van der Waals surface area contributed by atoms with Gasteiger partial charge in [0.1, 0.15) is 0 Å². The zero-order chi connectivity index (χ0) is 16.4. The lowest BCUT2D eigenvalue weighted by Gasteiger charge is -2.35. The third kappa shape index (κ3) is 3.11. The van der Waals surface area contributed by atoms with E-state index in [2.05, 4.69) is 6.92 Å². The fourth-order valence-corrected chi connectivity index (χ4v) is 3.53. The number of hydrogen-bond acceptors (Lipinski definition) is 3. The van der Waals surface area contributed by atoms with Gasteiger partial charge in [-0.05, 0) is 42.7 Å². The molecule has 1 saturated heterocycles. The number of fused-ring (bicyclic) bond motifs is 1. The highest BCUT2D eigenvalue weighted by molar-refractivity contribution is 6.40. The number of para-hydroxylation sites is 1. The number of carbonyl (C=O) groups is 2. The third-order valence-corrected chi connectivity index (χ3v) is 5.13. The van der Waals surface area contributed by atoms with E-state index in [0.717, 1.165) is 30.5 Å². The number of amides is 2. The molecule has 2 heterocycles. The van der Waals surface area contributed by atoms with E-state index >= 15 is 0 Å². The van der Waals surface area contributed by atoms with Crippen LogP contribution in [0, 0.1) is 5.92 Å². The summed E-state index contributed by atoms with van der Waals surface area (Å²) < 4.78 is 0. The molecule has 2 aliphatic heterocycles. The van der Waals surface area contributed by atoms with Gasteiger partial charge in [-0.3, -0.25) is 9.59 Å². The van der Waals surface area contributed by atoms with Crippen LogP contribution in [0.1, 0.15) is 37.7 Å². The zero-order valence-corrected chi connectivity index (χ0v) is 13.6. The van der Waals surface area contributed by atoms with Gasteiger partial charge in [-0.2, -0.15) is 0 Å². The molecule has 5 heteroatoms. The number of aliphatic hydroxyl groups is 1. The van der Waals surface area contributed by atoms with Crippen LogP contribution in [0.5, 0.6) is 0 Å². The van der Waals surface area contributed by atoms with Crippen LogP contribution < -0.4 is 4.90 Å². The van der Waals surface area contributed by atoms with E-state index in [0.29, 0.717) is 25.6 Å². The van der Waals surface area contributed by atoms with Gasteiger partial charge in [0.05, 0.1) is 0 Å². The van der Waals surface area contributed by atoms with Gasteiger partial charge in [0, 0.05) is 31.9 Å². The van der Waals surface area contributed by atoms with E-state index in [-0.39, 0.29) is 12.5 Å². The Bertz CT molecular complexity index is 594. The molecule has 23 heavy (non-hydrogen) atoms. The summed E-state index contributed by atoms with van der Waals surface area (Å²) in [6.07, 6.45) is 2.41. The van der Waals surface area contributed by atoms with Gasteiger partial charge in [-0.25, -0.2) is 0 Å². The predicted octanol–water partition coefficient (Wildman–Crippen LogP) is 1.76. The van der Waals surface area contributed by atoms with E-state index < -0.39 is 11.8 Å². The van der Waals surface area contributed by atoms with Crippen LogP contribution in [-0.2, 0) is 9.59 Å². The number of rotatable bonds is 1. The van der Waals surface area contributed by atoms with Crippen LogP contribution in [0.2, 0.25) is 0 Å². The van der Waals surface area contributed by atoms with Gasteiger partial charge < -0.3 is 14.9 Å². The minimum absolute atomic E-state index is 0.160. The summed E-state index contributed by atoms with van der Waals surface area (Å²) >= 11 is 0. The van der Waals surface area contributed by atoms with E-state index in [1.165, 1.54) is 0 Å². The maximum absolute atomic E-state index is 12.7. The van der Waals surface area contributed by atoms with Crippen LogP contribution in [0.3, 0.4) is 0 Å². The minimum Gasteiger partial charge on any atom is -0.396 e. The van der Waals surface area contributed by atoms with Gasteiger partial charge in [0.15, 0.2) is 0 Å². The van der Waals surface area contributed by atoms with Crippen LogP contribution in [-0.4, -0.2) is 48.1 Å². The van der Waals surface area contributed by atoms with Gasteiger partial charge in [0.25, 0.3) is 0 Å². The highest BCUT2D eigenvalue weighted by atomic mass is 16.3. The Morgan fingerprint density at radius 1 is 1.09 bits per heavy atom. The first kappa shape index (κ1) is 16.0. The maximum atomic E-state index is 12.7. The van der Waals surface area contributed by atoms with Crippen molar-refractivity contribution in [2.24, 2.45) is 5.92 Å². The monoisotopic (exact) mass is 316 g/mol. The average molecular weight is 316 g/mol. The third-order valence-electron chi connectivity index (χ3n) is 5.13. The zero-order valence-electron chi connectivity index (χ0n) is 13.6. The molecule has 2 aliphatic rings. The van der Waals surface area contributed by atoms with Gasteiger partial charge >= 0.3 is 11.8 Å². The molecule has 0 aromatic heterocycles. The van der Waals surface area contributed by atoms with Crippen LogP contribution >= 0.6 is 0 Å². The highest BCUT2D eigenvalue weighted by Gasteiger charge is 2.33. The largest absolute Gasteiger partial charge is 0.396 e. The number of aliphatic hydroxyl groups excluding tert-OH is 1. The predicted molar refractivity (Wildman–Crippen MR) is 88.2 cm³/mol. The standard InChI is InChI=1S/C18H24N2O3/c1-13-6-11-20(16-5-3-2-4-15(13)16)18(23)17(22)19-9-7-14(12-21)8-10-19/h2-5,13-14,21H,6-12H2,1H3. The van der Waals surface area contributed by atoms with Crippen molar-refractivity contribution in [3.8, 4) is 0 Å². The molecule has 124 valence electrons. The number of hydrogen-bond donors (Lipinski definition) is 1. The second-order valence-electron chi connectivity index (χ2n) is 6.62. The summed E-state index contributed by atoms with van der Waals surface area (Å²) in [6.45, 7) is 4.02. The Labute approximate surface area is 136 Å². The molecule has 3 rings (SSSR count). The van der Waals surface area contributed by atoms with Crippen LogP contribution in [0.4, 0.5) is 5.69 Å². The molecule has 1 aromatic carbocycles. The van der Waals surface area contributed by atoms with Crippen molar-refractivity contribution in [2.45, 2.75) is 32.1 Å². The van der Waals surface area contributed by atoms with Crippen molar-refractivity contribution >= 4 is 17.5 Å². The number of nitrogens with zero attached hydrogens (tertiary/aromatic N) is 2. The Hall–Kier alpha value is -1.88. The first-order valence-electron chi connectivity index (χ1n) is 8.42. The fourth-order valence-electron chi connectivity index (χ4n) is 3.53. The van der Waals surface area contributed by atoms with Crippen molar-refractivity contribution in [1.29, 1.82) is 0 Å². The summed E-state index contributed by atoms with van der Waals surface area (Å²) in [6, 6.07) is 7.85. The summed E-state index contributed by atoms with van der Waals surface area (Å²) in [5, 5.41) is 9.18. The molecular formula is C18H24N2O3. The van der Waals surface area contributed by atoms with Crippen molar-refractivity contribution in [1.82, 2.24) is 4.90 Å². The lowest BCUT2D eigenvalue weighted by atomic mass is 9.91. The Morgan fingerprint density at radius 3 is 2.48 bits per heavy atom. The van der Waals surface area contributed by atoms with E-state index in [1.54, 1.807) is 9.80 Å². The second-order valence-corrected chi connectivity index (χ2v) is 6.62. The number of carbonyl (C=O) groups excluding carboxylic acids is 2. The Morgan fingerprint density at radius 2 is 1.78 bits per heavy atom. The fraction of sp³-hybridized carbons (Fsp3) is 0.556. The minimum atomic E-state index is -0.424. The van der Waals surface area contributed by atoms with Crippen molar-refractivity contribution in [3.63, 3.8) is 0 Å². The van der Waals surface area contributed by atoms with E-state index in [1.807, 2.05) is 24.3 Å². The van der Waals surface area contributed by atoms with Crippen LogP contribution in [0.25, 0.3) is 0 Å². The van der Waals surface area contributed by atoms with Crippen molar-refractivity contribution in [3.05, 3.63) is 29.8 Å². The quantitative estimate of drug-likeness (QED) is 0.803. The van der Waals surface area contributed by atoms with Crippen molar-refractivity contribution < 1.29 is 14.7 Å². The molecule has 1 aromatic rings. The molecule has 1 unspecified atom stereocenters. The summed E-state index contributed by atoms with van der Waals surface area (Å²) in [7, 11) is 0. The smallest absolute Gasteiger partial charge is 0.316 e. The summed E-state index contributed by atoms with van der Waals surface area (Å²) in [5.41, 5.74) is 2.01. The second kappa shape index (κ2) is 6.71. The SMILES string of the molecule is CC1CCN(C(=O)C(=O)N2CCC(CO)CC2)c2ccccc21.